The number of fused-ring (bicyclic) bond motifs is 11. The highest BCUT2D eigenvalue weighted by Gasteiger charge is 2.41. The molecule has 0 spiro atoms. The Morgan fingerprint density at radius 3 is 2.20 bits per heavy atom. The molecule has 1 aliphatic rings. The number of anilines is 2. The highest BCUT2D eigenvalue weighted by atomic mass is 32.1. The predicted octanol–water partition coefficient (Wildman–Crippen LogP) is 14.3. The summed E-state index contributed by atoms with van der Waals surface area (Å²) in [6.45, 7) is 11.2. The fraction of sp³-hybridized carbons (Fsp3) is 0.0870. The first-order chi connectivity index (χ1) is 24.4. The van der Waals surface area contributed by atoms with Crippen LogP contribution in [-0.4, -0.2) is 0 Å². The molecule has 4 heteroatoms. The normalized spacial score (nSPS) is 13.9. The van der Waals surface area contributed by atoms with E-state index in [2.05, 4.69) is 160 Å². The molecular formula is C46H33NOS2. The Balaban J connectivity index is 1.33. The van der Waals surface area contributed by atoms with E-state index in [4.69, 9.17) is 4.42 Å². The Labute approximate surface area is 298 Å². The van der Waals surface area contributed by atoms with Crippen LogP contribution < -0.4 is 4.90 Å². The monoisotopic (exact) mass is 679 g/mol. The third kappa shape index (κ3) is 4.13. The van der Waals surface area contributed by atoms with Crippen LogP contribution in [-0.2, 0) is 5.41 Å². The largest absolute Gasteiger partial charge is 0.456 e. The first-order valence-corrected chi connectivity index (χ1v) is 18.7. The second-order valence-corrected chi connectivity index (χ2v) is 15.9. The number of allylic oxidation sites excluding steroid dienone is 1. The van der Waals surface area contributed by atoms with Crippen molar-refractivity contribution in [2.24, 2.45) is 0 Å². The van der Waals surface area contributed by atoms with Crippen molar-refractivity contribution in [3.63, 3.8) is 0 Å². The number of hydrogen-bond donors (Lipinski definition) is 0. The summed E-state index contributed by atoms with van der Waals surface area (Å²) in [5, 5.41) is 6.16. The fourth-order valence-corrected chi connectivity index (χ4v) is 10.5. The van der Waals surface area contributed by atoms with Gasteiger partial charge in [0, 0.05) is 74.3 Å². The van der Waals surface area contributed by atoms with Crippen molar-refractivity contribution in [3.05, 3.63) is 155 Å². The first-order valence-electron chi connectivity index (χ1n) is 17.0. The van der Waals surface area contributed by atoms with Crippen LogP contribution in [0, 0.1) is 0 Å². The lowest BCUT2D eigenvalue weighted by Crippen LogP contribution is -2.22. The lowest BCUT2D eigenvalue weighted by Gasteiger charge is -2.33. The first kappa shape index (κ1) is 29.5. The molecule has 50 heavy (non-hydrogen) atoms. The minimum absolute atomic E-state index is 0.257. The number of benzene rings is 6. The van der Waals surface area contributed by atoms with Crippen LogP contribution in [0.5, 0.6) is 0 Å². The van der Waals surface area contributed by atoms with Gasteiger partial charge >= 0.3 is 0 Å². The summed E-state index contributed by atoms with van der Waals surface area (Å²) in [4.78, 5) is 3.65. The molecule has 0 bridgehead atoms. The number of para-hydroxylation sites is 1. The van der Waals surface area contributed by atoms with E-state index in [0.29, 0.717) is 0 Å². The smallest absolute Gasteiger partial charge is 0.138 e. The van der Waals surface area contributed by atoms with Crippen molar-refractivity contribution in [3.8, 4) is 11.1 Å². The third-order valence-corrected chi connectivity index (χ3v) is 12.9. The summed E-state index contributed by atoms with van der Waals surface area (Å²) in [7, 11) is 0. The van der Waals surface area contributed by atoms with Gasteiger partial charge in [-0.3, -0.25) is 0 Å². The topological polar surface area (TPSA) is 16.4 Å². The summed E-state index contributed by atoms with van der Waals surface area (Å²) in [5.74, 6) is 0. The van der Waals surface area contributed by atoms with E-state index in [1.54, 1.807) is 11.3 Å². The molecule has 9 aromatic rings. The lowest BCUT2D eigenvalue weighted by molar-refractivity contribution is 0.656. The number of furan rings is 1. The van der Waals surface area contributed by atoms with Gasteiger partial charge in [0.15, 0.2) is 0 Å². The van der Waals surface area contributed by atoms with Crippen LogP contribution in [0.3, 0.4) is 0 Å². The van der Waals surface area contributed by atoms with Crippen LogP contribution in [0.15, 0.2) is 138 Å². The van der Waals surface area contributed by atoms with Gasteiger partial charge in [-0.1, -0.05) is 105 Å². The van der Waals surface area contributed by atoms with Crippen molar-refractivity contribution < 1.29 is 4.42 Å². The average Bonchev–Trinajstić information content (AvgIpc) is 3.86. The fourth-order valence-electron chi connectivity index (χ4n) is 8.38. The maximum absolute atomic E-state index is 6.73. The molecule has 3 aromatic heterocycles. The lowest BCUT2D eigenvalue weighted by atomic mass is 9.80. The SMILES string of the molecule is C=Cc1sc2ccccc2c1/C=C(\C)N(c1ccc2sc3ccccc3c2c1)c1cc2oc3ccccc3c2c2c1C(C)(C)c1ccccc1-2. The number of hydrogen-bond acceptors (Lipinski definition) is 4. The van der Waals surface area contributed by atoms with Crippen LogP contribution in [0.4, 0.5) is 11.4 Å². The maximum atomic E-state index is 6.73. The van der Waals surface area contributed by atoms with Crippen molar-refractivity contribution >= 4 is 98.4 Å². The molecule has 0 radical (unpaired) electrons. The van der Waals surface area contributed by atoms with E-state index in [1.165, 1.54) is 68.3 Å². The van der Waals surface area contributed by atoms with Gasteiger partial charge in [-0.2, -0.15) is 0 Å². The zero-order chi connectivity index (χ0) is 33.7. The van der Waals surface area contributed by atoms with Gasteiger partial charge in [-0.25, -0.2) is 0 Å². The molecule has 1 aliphatic carbocycles. The van der Waals surface area contributed by atoms with Crippen molar-refractivity contribution in [1.82, 2.24) is 0 Å². The van der Waals surface area contributed by atoms with Gasteiger partial charge < -0.3 is 9.32 Å². The van der Waals surface area contributed by atoms with Gasteiger partial charge in [-0.15, -0.1) is 22.7 Å². The molecule has 6 aromatic carbocycles. The van der Waals surface area contributed by atoms with Crippen molar-refractivity contribution in [2.75, 3.05) is 4.90 Å². The molecule has 0 aliphatic heterocycles. The minimum atomic E-state index is -0.257. The second-order valence-electron chi connectivity index (χ2n) is 13.8. The second kappa shape index (κ2) is 10.8. The molecule has 2 nitrogen and oxygen atoms in total. The van der Waals surface area contributed by atoms with E-state index in [1.807, 2.05) is 17.4 Å². The summed E-state index contributed by atoms with van der Waals surface area (Å²) in [5.41, 5.74) is 11.4. The highest BCUT2D eigenvalue weighted by Crippen LogP contribution is 2.58. The van der Waals surface area contributed by atoms with Crippen LogP contribution >= 0.6 is 22.7 Å². The summed E-state index contributed by atoms with van der Waals surface area (Å²) >= 11 is 3.65. The number of nitrogens with zero attached hydrogens (tertiary/aromatic N) is 1. The highest BCUT2D eigenvalue weighted by molar-refractivity contribution is 7.25. The van der Waals surface area contributed by atoms with Gasteiger partial charge in [-0.05, 0) is 71.7 Å². The van der Waals surface area contributed by atoms with Crippen LogP contribution in [0.2, 0.25) is 0 Å². The van der Waals surface area contributed by atoms with Gasteiger partial charge in [0.1, 0.15) is 11.2 Å². The van der Waals surface area contributed by atoms with Crippen molar-refractivity contribution in [2.45, 2.75) is 26.2 Å². The van der Waals surface area contributed by atoms with Gasteiger partial charge in [0.05, 0.1) is 5.69 Å². The summed E-state index contributed by atoms with van der Waals surface area (Å²) in [6, 6.07) is 44.1. The zero-order valence-corrected chi connectivity index (χ0v) is 29.7. The Morgan fingerprint density at radius 1 is 0.700 bits per heavy atom. The Kier molecular flexibility index (Phi) is 6.36. The number of thiophene rings is 2. The van der Waals surface area contributed by atoms with Crippen LogP contribution in [0.25, 0.3) is 75.5 Å². The third-order valence-electron chi connectivity index (χ3n) is 10.6. The van der Waals surface area contributed by atoms with Gasteiger partial charge in [0.2, 0.25) is 0 Å². The molecule has 0 saturated carbocycles. The standard InChI is InChI=1S/C46H33NOS2/c1-5-39-33(29-14-8-12-20-40(29)49-39)24-27(2)47(28-22-23-42-34(25-28)30-15-9-13-21-41(30)50-42)36-26-38-43(32-17-7-11-19-37(32)48-38)44-31-16-6-10-18-35(31)46(3,4)45(36)44/h5-26H,1H2,2-4H3/b27-24+. The minimum Gasteiger partial charge on any atom is -0.456 e. The van der Waals surface area contributed by atoms with Crippen LogP contribution in [0.1, 0.15) is 42.3 Å². The molecule has 0 saturated heterocycles. The Bertz CT molecular complexity index is 2890. The molecule has 0 unspecified atom stereocenters. The molecule has 0 fully saturated rings. The molecule has 10 rings (SSSR count). The zero-order valence-electron chi connectivity index (χ0n) is 28.1. The van der Waals surface area contributed by atoms with E-state index in [-0.39, 0.29) is 5.41 Å². The molecule has 240 valence electrons. The molecular weight excluding hydrogens is 647 g/mol. The summed E-state index contributed by atoms with van der Waals surface area (Å²) < 4.78 is 10.6. The molecule has 3 heterocycles. The maximum Gasteiger partial charge on any atom is 0.138 e. The quantitative estimate of drug-likeness (QED) is 0.180. The van der Waals surface area contributed by atoms with E-state index in [9.17, 15) is 0 Å². The van der Waals surface area contributed by atoms with Gasteiger partial charge in [0.25, 0.3) is 0 Å². The van der Waals surface area contributed by atoms with Crippen molar-refractivity contribution in [1.29, 1.82) is 0 Å². The predicted molar refractivity (Wildman–Crippen MR) is 218 cm³/mol. The Hall–Kier alpha value is -5.42. The molecule has 0 atom stereocenters. The average molecular weight is 680 g/mol. The van der Waals surface area contributed by atoms with E-state index < -0.39 is 0 Å². The van der Waals surface area contributed by atoms with E-state index >= 15 is 0 Å². The Morgan fingerprint density at radius 2 is 1.38 bits per heavy atom. The molecule has 0 amide bonds. The number of rotatable bonds is 5. The molecule has 0 N–H and O–H groups in total. The summed E-state index contributed by atoms with van der Waals surface area (Å²) in [6.07, 6.45) is 4.35. The van der Waals surface area contributed by atoms with E-state index in [0.717, 1.165) is 33.6 Å².